The summed E-state index contributed by atoms with van der Waals surface area (Å²) in [6.45, 7) is 1.82. The van der Waals surface area contributed by atoms with Crippen molar-refractivity contribution in [3.05, 3.63) is 65.2 Å². The van der Waals surface area contributed by atoms with Crippen LogP contribution in [0.2, 0.25) is 0 Å². The van der Waals surface area contributed by atoms with Crippen LogP contribution >= 0.6 is 0 Å². The van der Waals surface area contributed by atoms with E-state index in [0.29, 0.717) is 5.56 Å². The minimum atomic E-state index is -4.54. The van der Waals surface area contributed by atoms with Gasteiger partial charge in [0.1, 0.15) is 5.75 Å². The maximum atomic E-state index is 12.6. The summed E-state index contributed by atoms with van der Waals surface area (Å²) in [4.78, 5) is 11.9. The van der Waals surface area contributed by atoms with Crippen molar-refractivity contribution in [3.63, 3.8) is 0 Å². The third-order valence-electron chi connectivity index (χ3n) is 3.29. The molecule has 2 rings (SSSR count). The quantitative estimate of drug-likeness (QED) is 0.874. The van der Waals surface area contributed by atoms with Gasteiger partial charge in [-0.05, 0) is 30.7 Å². The zero-order valence-corrected chi connectivity index (χ0v) is 14.1. The fourth-order valence-corrected chi connectivity index (χ4v) is 3.54. The number of nitrogens with one attached hydrogen (secondary N) is 1. The first kappa shape index (κ1) is 19.0. The number of alkyl halides is 3. The number of rotatable bonds is 5. The third kappa shape index (κ3) is 5.90. The van der Waals surface area contributed by atoms with Crippen molar-refractivity contribution in [1.29, 1.82) is 0 Å². The highest BCUT2D eigenvalue weighted by molar-refractivity contribution is 7.91. The first-order chi connectivity index (χ1) is 11.5. The van der Waals surface area contributed by atoms with E-state index >= 15 is 0 Å². The summed E-state index contributed by atoms with van der Waals surface area (Å²) in [5.74, 6) is -2.01. The Morgan fingerprint density at radius 1 is 1.08 bits per heavy atom. The Balaban J connectivity index is 2.04. The smallest absolute Gasteiger partial charge is 0.325 e. The van der Waals surface area contributed by atoms with Crippen LogP contribution in [-0.2, 0) is 26.6 Å². The molecule has 0 aliphatic rings. The van der Waals surface area contributed by atoms with E-state index in [2.05, 4.69) is 5.32 Å². The zero-order chi connectivity index (χ0) is 18.7. The highest BCUT2D eigenvalue weighted by Crippen LogP contribution is 2.30. The number of carbonyl (C=O) groups excluding carboxylic acids is 1. The molecule has 0 saturated heterocycles. The van der Waals surface area contributed by atoms with Gasteiger partial charge in [0, 0.05) is 5.69 Å². The highest BCUT2D eigenvalue weighted by atomic mass is 32.2. The van der Waals surface area contributed by atoms with Crippen molar-refractivity contribution in [2.24, 2.45) is 0 Å². The molecule has 0 atom stereocenters. The molecular formula is C17H16F3NO3S. The largest absolute Gasteiger partial charge is 0.416 e. The molecule has 0 saturated carbocycles. The lowest BCUT2D eigenvalue weighted by molar-refractivity contribution is -0.137. The van der Waals surface area contributed by atoms with Gasteiger partial charge in [-0.2, -0.15) is 13.2 Å². The topological polar surface area (TPSA) is 63.2 Å². The molecule has 2 aromatic carbocycles. The van der Waals surface area contributed by atoms with Gasteiger partial charge >= 0.3 is 6.18 Å². The van der Waals surface area contributed by atoms with E-state index in [1.54, 1.807) is 18.2 Å². The number of carbonyl (C=O) groups is 1. The first-order valence-electron chi connectivity index (χ1n) is 7.28. The van der Waals surface area contributed by atoms with E-state index in [1.165, 1.54) is 6.07 Å². The summed E-state index contributed by atoms with van der Waals surface area (Å²) in [6, 6.07) is 10.9. The van der Waals surface area contributed by atoms with Gasteiger partial charge < -0.3 is 5.32 Å². The number of hydrogen-bond acceptors (Lipinski definition) is 3. The second-order valence-corrected chi connectivity index (χ2v) is 7.71. The van der Waals surface area contributed by atoms with Crippen LogP contribution in [0.3, 0.4) is 0 Å². The molecule has 0 radical (unpaired) electrons. The zero-order valence-electron chi connectivity index (χ0n) is 13.3. The molecule has 134 valence electrons. The van der Waals surface area contributed by atoms with Gasteiger partial charge in [-0.15, -0.1) is 0 Å². The molecule has 1 N–H and O–H groups in total. The van der Waals surface area contributed by atoms with Gasteiger partial charge in [0.25, 0.3) is 0 Å². The van der Waals surface area contributed by atoms with E-state index in [9.17, 15) is 26.4 Å². The van der Waals surface area contributed by atoms with E-state index in [1.807, 2.05) is 13.0 Å². The normalized spacial score (nSPS) is 12.0. The van der Waals surface area contributed by atoms with Crippen molar-refractivity contribution < 1.29 is 26.4 Å². The summed E-state index contributed by atoms with van der Waals surface area (Å²) in [6.07, 6.45) is -4.54. The lowest BCUT2D eigenvalue weighted by Crippen LogP contribution is -2.24. The maximum absolute atomic E-state index is 12.6. The number of anilines is 1. The van der Waals surface area contributed by atoms with E-state index in [-0.39, 0.29) is 11.4 Å². The minimum Gasteiger partial charge on any atom is -0.325 e. The average Bonchev–Trinajstić information content (AvgIpc) is 2.45. The molecule has 0 aliphatic carbocycles. The van der Waals surface area contributed by atoms with Gasteiger partial charge in [0.2, 0.25) is 5.91 Å². The molecular weight excluding hydrogens is 355 g/mol. The first-order valence-corrected chi connectivity index (χ1v) is 9.10. The summed E-state index contributed by atoms with van der Waals surface area (Å²) in [5.41, 5.74) is 0.409. The third-order valence-corrected chi connectivity index (χ3v) is 4.77. The number of benzene rings is 2. The Morgan fingerprint density at radius 3 is 2.40 bits per heavy atom. The predicted molar refractivity (Wildman–Crippen MR) is 88.7 cm³/mol. The predicted octanol–water partition coefficient (Wildman–Crippen LogP) is 3.57. The minimum absolute atomic E-state index is 0.106. The van der Waals surface area contributed by atoms with Gasteiger partial charge in [-0.1, -0.05) is 35.9 Å². The van der Waals surface area contributed by atoms with Crippen LogP contribution in [0.25, 0.3) is 0 Å². The Hall–Kier alpha value is -2.35. The van der Waals surface area contributed by atoms with Crippen molar-refractivity contribution in [2.75, 3.05) is 11.1 Å². The van der Waals surface area contributed by atoms with Crippen molar-refractivity contribution >= 4 is 21.4 Å². The van der Waals surface area contributed by atoms with E-state index in [4.69, 9.17) is 0 Å². The summed E-state index contributed by atoms with van der Waals surface area (Å²) < 4.78 is 62.1. The van der Waals surface area contributed by atoms with E-state index < -0.39 is 33.2 Å². The SMILES string of the molecule is Cc1cccc(CS(=O)(=O)CC(=O)Nc2cccc(C(F)(F)F)c2)c1. The van der Waals surface area contributed by atoms with Crippen LogP contribution in [0, 0.1) is 6.92 Å². The summed E-state index contributed by atoms with van der Waals surface area (Å²) in [5, 5.41) is 2.19. The average molecular weight is 371 g/mol. The van der Waals surface area contributed by atoms with Crippen LogP contribution < -0.4 is 5.32 Å². The van der Waals surface area contributed by atoms with Crippen molar-refractivity contribution in [3.8, 4) is 0 Å². The molecule has 1 amide bonds. The number of halogens is 3. The van der Waals surface area contributed by atoms with E-state index in [0.717, 1.165) is 23.8 Å². The lowest BCUT2D eigenvalue weighted by atomic mass is 10.2. The molecule has 0 spiro atoms. The summed E-state index contributed by atoms with van der Waals surface area (Å²) in [7, 11) is -3.74. The molecule has 0 aromatic heterocycles. The van der Waals surface area contributed by atoms with Crippen LogP contribution in [0.5, 0.6) is 0 Å². The molecule has 0 fully saturated rings. The molecule has 0 bridgehead atoms. The number of sulfone groups is 1. The van der Waals surface area contributed by atoms with Gasteiger partial charge in [-0.25, -0.2) is 8.42 Å². The standard InChI is InChI=1S/C17H16F3NO3S/c1-12-4-2-5-13(8-12)10-25(23,24)11-16(22)21-15-7-3-6-14(9-15)17(18,19)20/h2-9H,10-11H2,1H3,(H,21,22). The van der Waals surface area contributed by atoms with Gasteiger partial charge in [0.15, 0.2) is 9.84 Å². The highest BCUT2D eigenvalue weighted by Gasteiger charge is 2.30. The molecule has 4 nitrogen and oxygen atoms in total. The molecule has 8 heteroatoms. The fraction of sp³-hybridized carbons (Fsp3) is 0.235. The van der Waals surface area contributed by atoms with Crippen LogP contribution in [0.1, 0.15) is 16.7 Å². The number of aryl methyl sites for hydroxylation is 1. The maximum Gasteiger partial charge on any atom is 0.416 e. The Bertz CT molecular complexity index is 877. The van der Waals surface area contributed by atoms with Gasteiger partial charge in [-0.3, -0.25) is 4.79 Å². The monoisotopic (exact) mass is 371 g/mol. The Kier molecular flexibility index (Phi) is 5.52. The Morgan fingerprint density at radius 2 is 1.76 bits per heavy atom. The van der Waals surface area contributed by atoms with Crippen molar-refractivity contribution in [1.82, 2.24) is 0 Å². The second-order valence-electron chi connectivity index (χ2n) is 5.65. The molecule has 0 aliphatic heterocycles. The number of amides is 1. The lowest BCUT2D eigenvalue weighted by Gasteiger charge is -2.10. The second kappa shape index (κ2) is 7.26. The van der Waals surface area contributed by atoms with Crippen LogP contribution in [0.15, 0.2) is 48.5 Å². The van der Waals surface area contributed by atoms with Crippen molar-refractivity contribution in [2.45, 2.75) is 18.9 Å². The molecule has 2 aromatic rings. The summed E-state index contributed by atoms with van der Waals surface area (Å²) >= 11 is 0. The van der Waals surface area contributed by atoms with Gasteiger partial charge in [0.05, 0.1) is 11.3 Å². The molecule has 25 heavy (non-hydrogen) atoms. The van der Waals surface area contributed by atoms with Crippen LogP contribution in [-0.4, -0.2) is 20.1 Å². The Labute approximate surface area is 143 Å². The molecule has 0 unspecified atom stereocenters. The fourth-order valence-electron chi connectivity index (χ4n) is 2.28. The van der Waals surface area contributed by atoms with Crippen LogP contribution in [0.4, 0.5) is 18.9 Å². The molecule has 0 heterocycles. The number of hydrogen-bond donors (Lipinski definition) is 1.